The lowest BCUT2D eigenvalue weighted by Gasteiger charge is -2.13. The number of fused-ring (bicyclic) bond motifs is 8. The van der Waals surface area contributed by atoms with Gasteiger partial charge in [0.15, 0.2) is 17.5 Å². The first kappa shape index (κ1) is 30.1. The van der Waals surface area contributed by atoms with Gasteiger partial charge in [-0.1, -0.05) is 133 Å². The minimum Gasteiger partial charge on any atom is -0.456 e. The number of nitrogens with zero attached hydrogens (tertiary/aromatic N) is 6. The molecule has 0 amide bonds. The molecule has 3 aromatic heterocycles. The molecule has 0 saturated heterocycles. The van der Waals surface area contributed by atoms with E-state index in [0.717, 1.165) is 88.0 Å². The zero-order valence-corrected chi connectivity index (χ0v) is 28.8. The molecular weight excluding hydrogens is 665 g/mol. The van der Waals surface area contributed by atoms with Crippen LogP contribution in [0.25, 0.3) is 105 Å². The summed E-state index contributed by atoms with van der Waals surface area (Å²) in [6, 6.07) is 57.7. The first-order valence-electron chi connectivity index (χ1n) is 17.9. The van der Waals surface area contributed by atoms with Gasteiger partial charge in [-0.15, -0.1) is 10.2 Å². The molecule has 7 nitrogen and oxygen atoms in total. The van der Waals surface area contributed by atoms with Crippen molar-refractivity contribution < 1.29 is 4.42 Å². The Hall–Kier alpha value is -7.51. The van der Waals surface area contributed by atoms with Crippen molar-refractivity contribution in [1.29, 1.82) is 0 Å². The molecule has 0 radical (unpaired) electrons. The number of hydrogen-bond acceptors (Lipinski definition) is 6. The van der Waals surface area contributed by atoms with Gasteiger partial charge in [-0.2, -0.15) is 4.80 Å². The van der Waals surface area contributed by atoms with Crippen molar-refractivity contribution in [2.45, 2.75) is 0 Å². The molecule has 0 aliphatic carbocycles. The Bertz CT molecular complexity index is 3220. The van der Waals surface area contributed by atoms with Crippen molar-refractivity contribution in [3.05, 3.63) is 170 Å². The smallest absolute Gasteiger partial charge is 0.164 e. The van der Waals surface area contributed by atoms with Crippen LogP contribution in [0.15, 0.2) is 174 Å². The molecule has 7 heteroatoms. The monoisotopic (exact) mass is 692 g/mol. The Morgan fingerprint density at radius 3 is 1.93 bits per heavy atom. The van der Waals surface area contributed by atoms with Crippen LogP contribution >= 0.6 is 0 Å². The van der Waals surface area contributed by atoms with E-state index in [-0.39, 0.29) is 0 Å². The summed E-state index contributed by atoms with van der Waals surface area (Å²) in [5, 5.41) is 16.1. The van der Waals surface area contributed by atoms with Crippen LogP contribution in [0, 0.1) is 0 Å². The van der Waals surface area contributed by atoms with Crippen molar-refractivity contribution in [3.63, 3.8) is 0 Å². The van der Waals surface area contributed by atoms with E-state index < -0.39 is 0 Å². The predicted octanol–water partition coefficient (Wildman–Crippen LogP) is 11.5. The number of aromatic nitrogens is 6. The van der Waals surface area contributed by atoms with Gasteiger partial charge >= 0.3 is 0 Å². The molecule has 0 aliphatic heterocycles. The Labute approximate surface area is 308 Å². The van der Waals surface area contributed by atoms with Gasteiger partial charge in [-0.25, -0.2) is 15.0 Å². The van der Waals surface area contributed by atoms with E-state index in [4.69, 9.17) is 29.6 Å². The van der Waals surface area contributed by atoms with E-state index in [0.29, 0.717) is 17.5 Å². The van der Waals surface area contributed by atoms with Crippen LogP contribution in [-0.4, -0.2) is 29.9 Å². The average Bonchev–Trinajstić information content (AvgIpc) is 3.86. The first-order chi connectivity index (χ1) is 26.7. The third-order valence-corrected chi connectivity index (χ3v) is 10.1. The molecule has 11 aromatic rings. The molecular formula is C47H28N6O. The van der Waals surface area contributed by atoms with Crippen molar-refractivity contribution in [2.24, 2.45) is 0 Å². The van der Waals surface area contributed by atoms with Gasteiger partial charge in [0.05, 0.1) is 5.69 Å². The number of furan rings is 1. The maximum absolute atomic E-state index is 6.29. The van der Waals surface area contributed by atoms with Crippen molar-refractivity contribution >= 4 is 54.5 Å². The fourth-order valence-corrected chi connectivity index (χ4v) is 7.59. The molecule has 0 unspecified atom stereocenters. The normalized spacial score (nSPS) is 11.7. The highest BCUT2D eigenvalue weighted by Crippen LogP contribution is 2.39. The highest BCUT2D eigenvalue weighted by molar-refractivity contribution is 6.19. The van der Waals surface area contributed by atoms with Crippen LogP contribution in [0.2, 0.25) is 0 Å². The SMILES string of the molecule is c1ccc(-c2ccccc2-c2nc(-c3ccc4ccc5ccc6nn(-c7ccccc7)nc6c5c4c3)nc(-c3cccc4oc5ccccc5c34)n2)cc1. The molecule has 8 aromatic carbocycles. The van der Waals surface area contributed by atoms with E-state index in [1.165, 1.54) is 0 Å². The summed E-state index contributed by atoms with van der Waals surface area (Å²) >= 11 is 0. The molecule has 0 spiro atoms. The highest BCUT2D eigenvalue weighted by Gasteiger charge is 2.20. The Morgan fingerprint density at radius 1 is 0.407 bits per heavy atom. The van der Waals surface area contributed by atoms with Gasteiger partial charge in [0.1, 0.15) is 22.2 Å². The van der Waals surface area contributed by atoms with Gasteiger partial charge in [0.25, 0.3) is 0 Å². The van der Waals surface area contributed by atoms with Crippen molar-refractivity contribution in [3.8, 4) is 51.0 Å². The Kier molecular flexibility index (Phi) is 6.72. The van der Waals surface area contributed by atoms with Crippen LogP contribution in [0.1, 0.15) is 0 Å². The summed E-state index contributed by atoms with van der Waals surface area (Å²) in [5.41, 5.74) is 8.97. The third-order valence-electron chi connectivity index (χ3n) is 10.1. The largest absolute Gasteiger partial charge is 0.456 e. The van der Waals surface area contributed by atoms with Crippen LogP contribution < -0.4 is 0 Å². The zero-order valence-electron chi connectivity index (χ0n) is 28.8. The average molecular weight is 693 g/mol. The summed E-state index contributed by atoms with van der Waals surface area (Å²) in [6.45, 7) is 0. The van der Waals surface area contributed by atoms with E-state index in [9.17, 15) is 0 Å². The fraction of sp³-hybridized carbons (Fsp3) is 0. The number of rotatable bonds is 5. The molecule has 0 aliphatic rings. The first-order valence-corrected chi connectivity index (χ1v) is 17.9. The van der Waals surface area contributed by atoms with Crippen LogP contribution in [-0.2, 0) is 0 Å². The molecule has 3 heterocycles. The standard InChI is InChI=1S/C47H28N6O/c1-3-12-29(13-4-1)34-16-7-8-17-35(34)46-48-45(49-47(50-46)37-19-11-21-41-43(37)36-18-9-10-20-40(36)54-41)32-25-23-30-22-24-31-26-27-39-44(42(31)38(30)28-32)52-53(51-39)33-14-5-2-6-15-33/h1-28H. The maximum Gasteiger partial charge on any atom is 0.164 e. The van der Waals surface area contributed by atoms with Gasteiger partial charge in [0.2, 0.25) is 0 Å². The minimum absolute atomic E-state index is 0.571. The molecule has 0 atom stereocenters. The summed E-state index contributed by atoms with van der Waals surface area (Å²) in [7, 11) is 0. The number of para-hydroxylation sites is 2. The summed E-state index contributed by atoms with van der Waals surface area (Å²) in [4.78, 5) is 17.4. The van der Waals surface area contributed by atoms with E-state index in [1.807, 2.05) is 78.9 Å². The number of hydrogen-bond donors (Lipinski definition) is 0. The van der Waals surface area contributed by atoms with Crippen LogP contribution in [0.4, 0.5) is 0 Å². The lowest BCUT2D eigenvalue weighted by molar-refractivity contribution is 0.669. The predicted molar refractivity (Wildman–Crippen MR) is 216 cm³/mol. The summed E-state index contributed by atoms with van der Waals surface area (Å²) < 4.78 is 6.29. The van der Waals surface area contributed by atoms with Crippen LogP contribution in [0.5, 0.6) is 0 Å². The summed E-state index contributed by atoms with van der Waals surface area (Å²) in [5.74, 6) is 1.73. The van der Waals surface area contributed by atoms with Gasteiger partial charge in [-0.3, -0.25) is 0 Å². The molecule has 54 heavy (non-hydrogen) atoms. The molecule has 0 N–H and O–H groups in total. The Morgan fingerprint density at radius 2 is 1.06 bits per heavy atom. The zero-order chi connectivity index (χ0) is 35.6. The Balaban J connectivity index is 1.17. The molecule has 0 saturated carbocycles. The summed E-state index contributed by atoms with van der Waals surface area (Å²) in [6.07, 6.45) is 0. The van der Waals surface area contributed by atoms with E-state index >= 15 is 0 Å². The maximum atomic E-state index is 6.29. The molecule has 252 valence electrons. The van der Waals surface area contributed by atoms with Crippen LogP contribution in [0.3, 0.4) is 0 Å². The van der Waals surface area contributed by atoms with Crippen molar-refractivity contribution in [1.82, 2.24) is 29.9 Å². The van der Waals surface area contributed by atoms with Gasteiger partial charge in [0, 0.05) is 32.8 Å². The molecule has 0 bridgehead atoms. The minimum atomic E-state index is 0.571. The third kappa shape index (κ3) is 4.87. The number of benzene rings is 8. The highest BCUT2D eigenvalue weighted by atomic mass is 16.3. The van der Waals surface area contributed by atoms with E-state index in [1.54, 1.807) is 4.80 Å². The lowest BCUT2D eigenvalue weighted by atomic mass is 9.98. The van der Waals surface area contributed by atoms with Gasteiger partial charge in [-0.05, 0) is 63.7 Å². The molecule has 0 fully saturated rings. The second-order valence-electron chi connectivity index (χ2n) is 13.4. The quantitative estimate of drug-likeness (QED) is 0.167. The van der Waals surface area contributed by atoms with Crippen molar-refractivity contribution in [2.75, 3.05) is 0 Å². The topological polar surface area (TPSA) is 82.5 Å². The second-order valence-corrected chi connectivity index (χ2v) is 13.4. The lowest BCUT2D eigenvalue weighted by Crippen LogP contribution is -2.01. The molecule has 11 rings (SSSR count). The second kappa shape index (κ2) is 12.0. The van der Waals surface area contributed by atoms with Gasteiger partial charge < -0.3 is 4.42 Å². The fourth-order valence-electron chi connectivity index (χ4n) is 7.59. The van der Waals surface area contributed by atoms with E-state index in [2.05, 4.69) is 91.0 Å².